The number of ether oxygens (including phenoxy) is 1. The Morgan fingerprint density at radius 2 is 1.71 bits per heavy atom. The van der Waals surface area contributed by atoms with E-state index in [1.807, 2.05) is 42.5 Å². The lowest BCUT2D eigenvalue weighted by Gasteiger charge is -2.46. The third kappa shape index (κ3) is 6.48. The molecule has 0 bridgehead atoms. The van der Waals surface area contributed by atoms with Gasteiger partial charge in [0.15, 0.2) is 11.6 Å². The number of fused-ring (bicyclic) bond motifs is 1. The van der Waals surface area contributed by atoms with E-state index in [9.17, 15) is 23.5 Å². The Morgan fingerprint density at radius 3 is 2.39 bits per heavy atom. The summed E-state index contributed by atoms with van der Waals surface area (Å²) >= 11 is 0. The van der Waals surface area contributed by atoms with Gasteiger partial charge in [-0.05, 0) is 67.6 Å². The van der Waals surface area contributed by atoms with Crippen molar-refractivity contribution < 1.29 is 28.2 Å². The molecule has 0 unspecified atom stereocenters. The van der Waals surface area contributed by atoms with Crippen LogP contribution in [0.25, 0.3) is 10.8 Å². The average Bonchev–Trinajstić information content (AvgIpc) is 2.86. The van der Waals surface area contributed by atoms with Crippen LogP contribution in [0.5, 0.6) is 0 Å². The van der Waals surface area contributed by atoms with Gasteiger partial charge in [-0.25, -0.2) is 13.6 Å². The first-order valence-electron chi connectivity index (χ1n) is 12.9. The third-order valence-corrected chi connectivity index (χ3v) is 6.66. The van der Waals surface area contributed by atoms with Crippen molar-refractivity contribution in [2.45, 2.75) is 64.3 Å². The molecule has 1 heterocycles. The second-order valence-corrected chi connectivity index (χ2v) is 10.8. The minimum Gasteiger partial charge on any atom is -0.444 e. The second kappa shape index (κ2) is 11.5. The first-order valence-corrected chi connectivity index (χ1v) is 12.9. The van der Waals surface area contributed by atoms with E-state index in [4.69, 9.17) is 4.74 Å². The lowest BCUT2D eigenvalue weighted by atomic mass is 9.94. The molecule has 3 aromatic rings. The van der Waals surface area contributed by atoms with Gasteiger partial charge >= 0.3 is 6.09 Å². The summed E-state index contributed by atoms with van der Waals surface area (Å²) in [6, 6.07) is 16.1. The predicted molar refractivity (Wildman–Crippen MR) is 141 cm³/mol. The maximum absolute atomic E-state index is 13.9. The van der Waals surface area contributed by atoms with Crippen molar-refractivity contribution >= 4 is 22.8 Å². The van der Waals surface area contributed by atoms with E-state index < -0.39 is 35.4 Å². The van der Waals surface area contributed by atoms with E-state index in [1.165, 1.54) is 11.0 Å². The molecule has 1 fully saturated rings. The Kier molecular flexibility index (Phi) is 8.31. The fourth-order valence-corrected chi connectivity index (χ4v) is 4.94. The molecule has 0 saturated carbocycles. The van der Waals surface area contributed by atoms with E-state index in [0.29, 0.717) is 18.4 Å². The van der Waals surface area contributed by atoms with Gasteiger partial charge in [-0.1, -0.05) is 48.5 Å². The number of carbonyl (C=O) groups is 2. The van der Waals surface area contributed by atoms with Crippen molar-refractivity contribution in [2.75, 3.05) is 13.2 Å². The number of amides is 2. The normalized spacial score (nSPS) is 18.2. The molecule has 0 aromatic heterocycles. The molecule has 2 atom stereocenters. The minimum atomic E-state index is -0.980. The number of hydrogen-bond donors (Lipinski definition) is 1. The number of hydrogen-bond acceptors (Lipinski definition) is 4. The topological polar surface area (TPSA) is 70.1 Å². The van der Waals surface area contributed by atoms with Gasteiger partial charge in [-0.15, -0.1) is 0 Å². The molecule has 1 aliphatic rings. The monoisotopic (exact) mass is 524 g/mol. The Morgan fingerprint density at radius 1 is 1.00 bits per heavy atom. The average molecular weight is 525 g/mol. The van der Waals surface area contributed by atoms with Crippen molar-refractivity contribution in [3.63, 3.8) is 0 Å². The summed E-state index contributed by atoms with van der Waals surface area (Å²) in [5.41, 5.74) is 0.567. The van der Waals surface area contributed by atoms with Gasteiger partial charge in [0, 0.05) is 26.1 Å². The molecule has 3 aromatic carbocycles. The quantitative estimate of drug-likeness (QED) is 0.446. The highest BCUT2D eigenvalue weighted by Gasteiger charge is 2.44. The van der Waals surface area contributed by atoms with Crippen molar-refractivity contribution in [3.8, 4) is 0 Å². The number of carbonyl (C=O) groups excluding carboxylic acids is 2. The number of nitrogens with zero attached hydrogens (tertiary/aromatic N) is 2. The maximum Gasteiger partial charge on any atom is 0.411 e. The Labute approximate surface area is 221 Å². The Bertz CT molecular complexity index is 1310. The van der Waals surface area contributed by atoms with Crippen LogP contribution in [-0.2, 0) is 22.5 Å². The molecule has 4 rings (SSSR count). The summed E-state index contributed by atoms with van der Waals surface area (Å²) in [5.74, 6) is -2.23. The van der Waals surface area contributed by atoms with Gasteiger partial charge in [0.05, 0.1) is 6.04 Å². The van der Waals surface area contributed by atoms with E-state index in [0.717, 1.165) is 28.5 Å². The number of aliphatic hydroxyl groups is 1. The third-order valence-electron chi connectivity index (χ3n) is 6.66. The van der Waals surface area contributed by atoms with Gasteiger partial charge < -0.3 is 14.7 Å². The van der Waals surface area contributed by atoms with Crippen LogP contribution in [0.3, 0.4) is 0 Å². The van der Waals surface area contributed by atoms with Crippen LogP contribution in [-0.4, -0.2) is 57.7 Å². The Balaban J connectivity index is 1.71. The van der Waals surface area contributed by atoms with Crippen molar-refractivity contribution in [1.82, 2.24) is 9.80 Å². The zero-order chi connectivity index (χ0) is 27.4. The molecule has 1 aliphatic heterocycles. The fourth-order valence-electron chi connectivity index (χ4n) is 4.94. The summed E-state index contributed by atoms with van der Waals surface area (Å²) in [6.07, 6.45) is 0.546. The molecule has 0 aliphatic carbocycles. The molecule has 1 N–H and O–H groups in total. The highest BCUT2D eigenvalue weighted by molar-refractivity contribution is 5.88. The molecule has 8 heteroatoms. The van der Waals surface area contributed by atoms with Crippen molar-refractivity contribution in [3.05, 3.63) is 83.4 Å². The highest BCUT2D eigenvalue weighted by Crippen LogP contribution is 2.28. The lowest BCUT2D eigenvalue weighted by molar-refractivity contribution is -0.145. The number of rotatable bonds is 7. The molecule has 6 nitrogen and oxygen atoms in total. The minimum absolute atomic E-state index is 0.0644. The lowest BCUT2D eigenvalue weighted by Crippen LogP contribution is -2.64. The van der Waals surface area contributed by atoms with Crippen LogP contribution in [0, 0.1) is 11.6 Å². The first-order chi connectivity index (χ1) is 18.1. The van der Waals surface area contributed by atoms with Crippen LogP contribution in [0.1, 0.15) is 44.7 Å². The summed E-state index contributed by atoms with van der Waals surface area (Å²) < 4.78 is 33.1. The molecule has 1 saturated heterocycles. The second-order valence-electron chi connectivity index (χ2n) is 10.8. The van der Waals surface area contributed by atoms with Crippen LogP contribution in [0.2, 0.25) is 0 Å². The maximum atomic E-state index is 13.9. The number of aliphatic hydroxyl groups excluding tert-OH is 1. The summed E-state index contributed by atoms with van der Waals surface area (Å²) in [7, 11) is 0. The van der Waals surface area contributed by atoms with E-state index in [-0.39, 0.29) is 32.0 Å². The molecule has 0 radical (unpaired) electrons. The SMILES string of the molecule is CC(C)(C)OC(=O)N1[C@H](CCCO)CN(Cc2ccc(F)c(F)c2)C(=O)[C@H]1Cc1ccc2ccccc2c1. The molecular formula is C30H34F2N2O4. The number of piperazine rings is 1. The van der Waals surface area contributed by atoms with Crippen LogP contribution in [0.15, 0.2) is 60.7 Å². The largest absolute Gasteiger partial charge is 0.444 e. The van der Waals surface area contributed by atoms with Gasteiger partial charge in [-0.2, -0.15) is 0 Å². The smallest absolute Gasteiger partial charge is 0.411 e. The molecular weight excluding hydrogens is 490 g/mol. The van der Waals surface area contributed by atoms with Gasteiger partial charge in [-0.3, -0.25) is 9.69 Å². The van der Waals surface area contributed by atoms with Crippen LogP contribution in [0.4, 0.5) is 13.6 Å². The van der Waals surface area contributed by atoms with Gasteiger partial charge in [0.2, 0.25) is 5.91 Å². The molecule has 202 valence electrons. The van der Waals surface area contributed by atoms with E-state index in [2.05, 4.69) is 0 Å². The molecule has 2 amide bonds. The van der Waals surface area contributed by atoms with Crippen LogP contribution < -0.4 is 0 Å². The molecule has 38 heavy (non-hydrogen) atoms. The van der Waals surface area contributed by atoms with Crippen LogP contribution >= 0.6 is 0 Å². The predicted octanol–water partition coefficient (Wildman–Crippen LogP) is 5.45. The Hall–Kier alpha value is -3.52. The van der Waals surface area contributed by atoms with Crippen molar-refractivity contribution in [1.29, 1.82) is 0 Å². The number of halogens is 2. The van der Waals surface area contributed by atoms with Gasteiger partial charge in [0.25, 0.3) is 0 Å². The van der Waals surface area contributed by atoms with Gasteiger partial charge in [0.1, 0.15) is 11.6 Å². The highest BCUT2D eigenvalue weighted by atomic mass is 19.2. The first kappa shape index (κ1) is 27.5. The summed E-state index contributed by atoms with van der Waals surface area (Å²) in [5, 5.41) is 11.6. The van der Waals surface area contributed by atoms with E-state index >= 15 is 0 Å². The zero-order valence-electron chi connectivity index (χ0n) is 22.0. The molecule has 0 spiro atoms. The van der Waals surface area contributed by atoms with E-state index in [1.54, 1.807) is 25.7 Å². The number of benzene rings is 3. The summed E-state index contributed by atoms with van der Waals surface area (Å²) in [4.78, 5) is 30.5. The summed E-state index contributed by atoms with van der Waals surface area (Å²) in [6.45, 7) is 5.51. The zero-order valence-corrected chi connectivity index (χ0v) is 22.0. The van der Waals surface area contributed by atoms with Crippen molar-refractivity contribution in [2.24, 2.45) is 0 Å². The standard InChI is InChI=1S/C30H34F2N2O4/c1-30(2,3)38-29(37)34-24(9-6-14-35)19-33(18-21-11-13-25(31)26(32)16-21)28(36)27(34)17-20-10-12-22-7-4-5-8-23(22)15-20/h4-5,7-8,10-13,15-16,24,27,35H,6,9,14,17-19H2,1-3H3/t24-,27-/m1/s1. The fraction of sp³-hybridized carbons (Fsp3) is 0.400.